The van der Waals surface area contributed by atoms with Gasteiger partial charge >= 0.3 is 5.97 Å². The highest BCUT2D eigenvalue weighted by Crippen LogP contribution is 2.43. The van der Waals surface area contributed by atoms with Crippen LogP contribution in [-0.2, 0) is 6.54 Å². The lowest BCUT2D eigenvalue weighted by molar-refractivity contribution is -0.0177. The van der Waals surface area contributed by atoms with Gasteiger partial charge in [-0.15, -0.1) is 11.3 Å². The molecule has 0 bridgehead atoms. The highest BCUT2D eigenvalue weighted by molar-refractivity contribution is 7.09. The number of hydrogen-bond acceptors (Lipinski definition) is 4. The quantitative estimate of drug-likeness (QED) is 0.924. The summed E-state index contributed by atoms with van der Waals surface area (Å²) in [6.07, 6.45) is 8.32. The molecule has 1 saturated carbocycles. The van der Waals surface area contributed by atoms with E-state index >= 15 is 0 Å². The third kappa shape index (κ3) is 2.82. The summed E-state index contributed by atoms with van der Waals surface area (Å²) >= 11 is 1.46. The molecule has 0 atom stereocenters. The largest absolute Gasteiger partial charge is 0.476 e. The van der Waals surface area contributed by atoms with Crippen LogP contribution in [0, 0.1) is 5.41 Å². The molecule has 2 heterocycles. The second-order valence-electron chi connectivity index (χ2n) is 5.99. The number of carbonyl (C=O) groups is 1. The molecular formula is C14H20N2O2S. The maximum absolute atomic E-state index is 10.8. The summed E-state index contributed by atoms with van der Waals surface area (Å²) < 4.78 is 0. The second kappa shape index (κ2) is 5.21. The first-order valence-electron chi connectivity index (χ1n) is 7.07. The number of likely N-dealkylation sites (tertiary alicyclic amines) is 1. The molecule has 1 aliphatic carbocycles. The van der Waals surface area contributed by atoms with Gasteiger partial charge in [-0.1, -0.05) is 25.7 Å². The SMILES string of the molecule is O=C(O)c1csc(CN2CC3(CCCCCC3)C2)n1. The van der Waals surface area contributed by atoms with Crippen molar-refractivity contribution in [2.24, 2.45) is 5.41 Å². The third-order valence-electron chi connectivity index (χ3n) is 4.41. The lowest BCUT2D eigenvalue weighted by atomic mass is 9.73. The van der Waals surface area contributed by atoms with Gasteiger partial charge < -0.3 is 5.11 Å². The van der Waals surface area contributed by atoms with Crippen LogP contribution < -0.4 is 0 Å². The van der Waals surface area contributed by atoms with Crippen LogP contribution in [0.1, 0.15) is 54.0 Å². The molecule has 0 aromatic carbocycles. The molecule has 0 unspecified atom stereocenters. The van der Waals surface area contributed by atoms with Crippen LogP contribution in [0.2, 0.25) is 0 Å². The maximum Gasteiger partial charge on any atom is 0.355 e. The summed E-state index contributed by atoms with van der Waals surface area (Å²) in [4.78, 5) is 17.4. The predicted molar refractivity (Wildman–Crippen MR) is 74.5 cm³/mol. The molecule has 1 saturated heterocycles. The smallest absolute Gasteiger partial charge is 0.355 e. The lowest BCUT2D eigenvalue weighted by Gasteiger charge is -2.50. The molecule has 0 amide bonds. The van der Waals surface area contributed by atoms with Crippen LogP contribution in [0.4, 0.5) is 0 Å². The van der Waals surface area contributed by atoms with E-state index in [-0.39, 0.29) is 5.69 Å². The average molecular weight is 280 g/mol. The van der Waals surface area contributed by atoms with Crippen LogP contribution in [-0.4, -0.2) is 34.0 Å². The fourth-order valence-corrected chi connectivity index (χ4v) is 4.29. The fourth-order valence-electron chi connectivity index (χ4n) is 3.48. The molecular weight excluding hydrogens is 260 g/mol. The Morgan fingerprint density at radius 1 is 1.32 bits per heavy atom. The molecule has 4 nitrogen and oxygen atoms in total. The van der Waals surface area contributed by atoms with E-state index in [0.29, 0.717) is 5.41 Å². The minimum absolute atomic E-state index is 0.185. The minimum Gasteiger partial charge on any atom is -0.476 e. The monoisotopic (exact) mass is 280 g/mol. The van der Waals surface area contributed by atoms with Gasteiger partial charge in [-0.25, -0.2) is 9.78 Å². The molecule has 1 aliphatic heterocycles. The van der Waals surface area contributed by atoms with Crippen molar-refractivity contribution in [3.63, 3.8) is 0 Å². The topological polar surface area (TPSA) is 53.4 Å². The van der Waals surface area contributed by atoms with Gasteiger partial charge in [-0.05, 0) is 18.3 Å². The van der Waals surface area contributed by atoms with Crippen molar-refractivity contribution in [1.82, 2.24) is 9.88 Å². The van der Waals surface area contributed by atoms with Gasteiger partial charge in [0.15, 0.2) is 5.69 Å². The Morgan fingerprint density at radius 2 is 2.00 bits per heavy atom. The molecule has 1 aromatic rings. The van der Waals surface area contributed by atoms with E-state index in [4.69, 9.17) is 5.11 Å². The summed E-state index contributed by atoms with van der Waals surface area (Å²) in [5.74, 6) is -0.925. The molecule has 2 fully saturated rings. The summed E-state index contributed by atoms with van der Waals surface area (Å²) in [7, 11) is 0. The number of thiazole rings is 1. The Kier molecular flexibility index (Phi) is 3.58. The number of nitrogens with zero attached hydrogens (tertiary/aromatic N) is 2. The van der Waals surface area contributed by atoms with Gasteiger partial charge in [0.1, 0.15) is 5.01 Å². The Morgan fingerprint density at radius 3 is 2.58 bits per heavy atom. The highest BCUT2D eigenvalue weighted by Gasteiger charge is 2.42. The van der Waals surface area contributed by atoms with Crippen molar-refractivity contribution in [2.45, 2.75) is 45.1 Å². The van der Waals surface area contributed by atoms with Crippen molar-refractivity contribution in [1.29, 1.82) is 0 Å². The number of aromatic carboxylic acids is 1. The van der Waals surface area contributed by atoms with E-state index in [1.807, 2.05) is 0 Å². The number of aromatic nitrogens is 1. The van der Waals surface area contributed by atoms with Crippen molar-refractivity contribution in [3.05, 3.63) is 16.1 Å². The van der Waals surface area contributed by atoms with Gasteiger partial charge in [0.2, 0.25) is 0 Å². The molecule has 19 heavy (non-hydrogen) atoms. The molecule has 5 heteroatoms. The molecule has 104 valence electrons. The van der Waals surface area contributed by atoms with Crippen LogP contribution in [0.5, 0.6) is 0 Å². The second-order valence-corrected chi connectivity index (χ2v) is 6.93. The Labute approximate surface area is 117 Å². The number of hydrogen-bond donors (Lipinski definition) is 1. The lowest BCUT2D eigenvalue weighted by Crippen LogP contribution is -2.55. The molecule has 1 N–H and O–H groups in total. The van der Waals surface area contributed by atoms with Crippen LogP contribution in [0.3, 0.4) is 0 Å². The van der Waals surface area contributed by atoms with Gasteiger partial charge in [0, 0.05) is 18.5 Å². The van der Waals surface area contributed by atoms with Gasteiger partial charge in [-0.2, -0.15) is 0 Å². The van der Waals surface area contributed by atoms with E-state index in [1.165, 1.54) is 63.0 Å². The summed E-state index contributed by atoms with van der Waals surface area (Å²) in [5.41, 5.74) is 0.758. The molecule has 2 aliphatic rings. The number of carboxylic acid groups (broad SMARTS) is 1. The van der Waals surface area contributed by atoms with Crippen LogP contribution in [0.15, 0.2) is 5.38 Å². The fraction of sp³-hybridized carbons (Fsp3) is 0.714. The Balaban J connectivity index is 1.54. The first-order chi connectivity index (χ1) is 9.17. The molecule has 1 aromatic heterocycles. The average Bonchev–Trinajstić information content (AvgIpc) is 2.66. The molecule has 3 rings (SSSR count). The van der Waals surface area contributed by atoms with E-state index < -0.39 is 5.97 Å². The van der Waals surface area contributed by atoms with Crippen molar-refractivity contribution in [3.8, 4) is 0 Å². The first-order valence-corrected chi connectivity index (χ1v) is 7.95. The minimum atomic E-state index is -0.925. The van der Waals surface area contributed by atoms with Gasteiger partial charge in [0.05, 0.1) is 6.54 Å². The first kappa shape index (κ1) is 13.1. The van der Waals surface area contributed by atoms with Crippen molar-refractivity contribution >= 4 is 17.3 Å². The van der Waals surface area contributed by atoms with E-state index in [0.717, 1.165) is 11.6 Å². The van der Waals surface area contributed by atoms with Crippen LogP contribution in [0.25, 0.3) is 0 Å². The van der Waals surface area contributed by atoms with Gasteiger partial charge in [0.25, 0.3) is 0 Å². The standard InChI is InChI=1S/C14H20N2O2S/c17-13(18)11-8-19-12(15-11)7-16-9-14(10-16)5-3-1-2-4-6-14/h8H,1-7,9-10H2,(H,17,18). The van der Waals surface area contributed by atoms with E-state index in [1.54, 1.807) is 5.38 Å². The third-order valence-corrected chi connectivity index (χ3v) is 5.25. The maximum atomic E-state index is 10.8. The highest BCUT2D eigenvalue weighted by atomic mass is 32.1. The van der Waals surface area contributed by atoms with Crippen molar-refractivity contribution < 1.29 is 9.90 Å². The summed E-state index contributed by atoms with van der Waals surface area (Å²) in [5, 5.41) is 11.4. The van der Waals surface area contributed by atoms with E-state index in [2.05, 4.69) is 9.88 Å². The zero-order chi connectivity index (χ0) is 13.3. The number of carboxylic acids is 1. The molecule has 1 spiro atoms. The zero-order valence-electron chi connectivity index (χ0n) is 11.1. The normalized spacial score (nSPS) is 22.9. The van der Waals surface area contributed by atoms with Crippen molar-refractivity contribution in [2.75, 3.05) is 13.1 Å². The van der Waals surface area contributed by atoms with E-state index in [9.17, 15) is 4.79 Å². The molecule has 0 radical (unpaired) electrons. The number of rotatable bonds is 3. The summed E-state index contributed by atoms with van der Waals surface area (Å²) in [6.45, 7) is 3.17. The van der Waals surface area contributed by atoms with Crippen LogP contribution >= 0.6 is 11.3 Å². The summed E-state index contributed by atoms with van der Waals surface area (Å²) in [6, 6.07) is 0. The zero-order valence-corrected chi connectivity index (χ0v) is 11.9. The Bertz CT molecular complexity index is 456. The van der Waals surface area contributed by atoms with Gasteiger partial charge in [-0.3, -0.25) is 4.90 Å². The Hall–Kier alpha value is -0.940. The predicted octanol–water partition coefficient (Wildman–Crippen LogP) is 3.00.